The summed E-state index contributed by atoms with van der Waals surface area (Å²) < 4.78 is 5.53. The Kier molecular flexibility index (Phi) is 8.74. The number of nitrogens with zero attached hydrogens (tertiary/aromatic N) is 1. The van der Waals surface area contributed by atoms with Gasteiger partial charge in [-0.2, -0.15) is 0 Å². The lowest BCUT2D eigenvalue weighted by Crippen LogP contribution is -2.47. The summed E-state index contributed by atoms with van der Waals surface area (Å²) in [7, 11) is 0. The van der Waals surface area contributed by atoms with Crippen LogP contribution >= 0.6 is 0 Å². The number of rotatable bonds is 10. The molecule has 1 fully saturated rings. The van der Waals surface area contributed by atoms with Gasteiger partial charge >= 0.3 is 0 Å². The largest absolute Gasteiger partial charge is 0.380 e. The first-order chi connectivity index (χ1) is 9.62. The molecule has 1 rings (SSSR count). The van der Waals surface area contributed by atoms with Gasteiger partial charge in [0.15, 0.2) is 0 Å². The van der Waals surface area contributed by atoms with Crippen LogP contribution in [0.2, 0.25) is 0 Å². The summed E-state index contributed by atoms with van der Waals surface area (Å²) >= 11 is 0. The Hall–Kier alpha value is -0.120. The molecule has 120 valence electrons. The van der Waals surface area contributed by atoms with Gasteiger partial charge in [0.05, 0.1) is 6.61 Å². The highest BCUT2D eigenvalue weighted by Crippen LogP contribution is 2.36. The molecule has 0 atom stereocenters. The van der Waals surface area contributed by atoms with E-state index >= 15 is 0 Å². The lowest BCUT2D eigenvalue weighted by Gasteiger charge is -2.41. The van der Waals surface area contributed by atoms with Gasteiger partial charge in [-0.05, 0) is 31.7 Å². The summed E-state index contributed by atoms with van der Waals surface area (Å²) in [5, 5.41) is 3.69. The van der Waals surface area contributed by atoms with E-state index in [9.17, 15) is 0 Å². The average Bonchev–Trinajstić information content (AvgIpc) is 2.45. The number of nitrogens with one attached hydrogen (secondary N) is 1. The third kappa shape index (κ3) is 6.55. The van der Waals surface area contributed by atoms with Crippen molar-refractivity contribution in [1.29, 1.82) is 0 Å². The van der Waals surface area contributed by atoms with Crippen molar-refractivity contribution < 1.29 is 4.74 Å². The molecule has 3 heteroatoms. The first kappa shape index (κ1) is 17.9. The second-order valence-corrected chi connectivity index (χ2v) is 6.66. The number of hydrogen-bond acceptors (Lipinski definition) is 3. The molecule has 20 heavy (non-hydrogen) atoms. The molecular formula is C17H36N2O. The summed E-state index contributed by atoms with van der Waals surface area (Å²) in [5.41, 5.74) is 0.491. The molecule has 0 bridgehead atoms. The van der Waals surface area contributed by atoms with Gasteiger partial charge in [0.25, 0.3) is 0 Å². The molecule has 1 saturated carbocycles. The first-order valence-corrected chi connectivity index (χ1v) is 8.65. The minimum atomic E-state index is 0.491. The standard InChI is InChI=1S/C17H36N2O/c1-5-19(12-13-20-6-2)15-17(14-18-16(3)4)10-8-7-9-11-17/h16,18H,5-15H2,1-4H3. The van der Waals surface area contributed by atoms with E-state index in [2.05, 4.69) is 37.9 Å². The van der Waals surface area contributed by atoms with E-state index in [0.717, 1.165) is 26.3 Å². The fraction of sp³-hybridized carbons (Fsp3) is 1.00. The summed E-state index contributed by atoms with van der Waals surface area (Å²) in [4.78, 5) is 2.59. The molecule has 0 radical (unpaired) electrons. The second kappa shape index (κ2) is 9.75. The highest BCUT2D eigenvalue weighted by molar-refractivity contribution is 4.88. The monoisotopic (exact) mass is 284 g/mol. The third-order valence-electron chi connectivity index (χ3n) is 4.56. The zero-order valence-electron chi connectivity index (χ0n) is 14.2. The van der Waals surface area contributed by atoms with Gasteiger partial charge < -0.3 is 15.0 Å². The van der Waals surface area contributed by atoms with Crippen molar-refractivity contribution in [2.24, 2.45) is 5.41 Å². The van der Waals surface area contributed by atoms with Crippen LogP contribution in [0.15, 0.2) is 0 Å². The Labute approximate surface area is 126 Å². The van der Waals surface area contributed by atoms with E-state index in [1.54, 1.807) is 0 Å². The number of ether oxygens (including phenoxy) is 1. The maximum Gasteiger partial charge on any atom is 0.0593 e. The minimum absolute atomic E-state index is 0.491. The van der Waals surface area contributed by atoms with Gasteiger partial charge in [0.2, 0.25) is 0 Å². The highest BCUT2D eigenvalue weighted by Gasteiger charge is 2.33. The van der Waals surface area contributed by atoms with Gasteiger partial charge in [-0.15, -0.1) is 0 Å². The molecule has 1 aliphatic carbocycles. The van der Waals surface area contributed by atoms with Crippen molar-refractivity contribution in [2.45, 2.75) is 65.8 Å². The molecule has 0 amide bonds. The van der Waals surface area contributed by atoms with Crippen LogP contribution in [0.1, 0.15) is 59.8 Å². The Morgan fingerprint density at radius 2 is 1.85 bits per heavy atom. The molecule has 0 aromatic rings. The summed E-state index contributed by atoms with van der Waals surface area (Å²) in [6.07, 6.45) is 7.01. The molecule has 0 aromatic heterocycles. The van der Waals surface area contributed by atoms with Crippen LogP contribution in [0, 0.1) is 5.41 Å². The number of likely N-dealkylation sites (N-methyl/N-ethyl adjacent to an activating group) is 1. The van der Waals surface area contributed by atoms with Gasteiger partial charge in [0, 0.05) is 32.3 Å². The van der Waals surface area contributed by atoms with E-state index in [-0.39, 0.29) is 0 Å². The van der Waals surface area contributed by atoms with Gasteiger partial charge in [-0.25, -0.2) is 0 Å². The normalized spacial score (nSPS) is 18.9. The molecule has 1 aliphatic rings. The zero-order chi connectivity index (χ0) is 14.8. The van der Waals surface area contributed by atoms with E-state index in [4.69, 9.17) is 4.74 Å². The van der Waals surface area contributed by atoms with Gasteiger partial charge in [-0.3, -0.25) is 0 Å². The summed E-state index contributed by atoms with van der Waals surface area (Å²) in [6.45, 7) is 15.2. The van der Waals surface area contributed by atoms with E-state index in [0.29, 0.717) is 11.5 Å². The maximum atomic E-state index is 5.53. The minimum Gasteiger partial charge on any atom is -0.380 e. The van der Waals surface area contributed by atoms with Crippen molar-refractivity contribution in [3.63, 3.8) is 0 Å². The van der Waals surface area contributed by atoms with Crippen molar-refractivity contribution in [1.82, 2.24) is 10.2 Å². The van der Waals surface area contributed by atoms with Crippen LogP contribution < -0.4 is 5.32 Å². The summed E-state index contributed by atoms with van der Waals surface area (Å²) in [6, 6.07) is 0.590. The Balaban J connectivity index is 2.52. The van der Waals surface area contributed by atoms with Crippen molar-refractivity contribution in [2.75, 3.05) is 39.4 Å². The van der Waals surface area contributed by atoms with Gasteiger partial charge in [-0.1, -0.05) is 40.0 Å². The molecule has 0 heterocycles. The fourth-order valence-electron chi connectivity index (χ4n) is 3.27. The van der Waals surface area contributed by atoms with Crippen LogP contribution in [-0.2, 0) is 4.74 Å². The molecular weight excluding hydrogens is 248 g/mol. The Morgan fingerprint density at radius 3 is 2.40 bits per heavy atom. The third-order valence-corrected chi connectivity index (χ3v) is 4.56. The Morgan fingerprint density at radius 1 is 1.15 bits per heavy atom. The smallest absolute Gasteiger partial charge is 0.0593 e. The molecule has 1 N–H and O–H groups in total. The first-order valence-electron chi connectivity index (χ1n) is 8.65. The molecule has 0 saturated heterocycles. The topological polar surface area (TPSA) is 24.5 Å². The molecule has 3 nitrogen and oxygen atoms in total. The van der Waals surface area contributed by atoms with Crippen LogP contribution in [0.3, 0.4) is 0 Å². The lowest BCUT2D eigenvalue weighted by atomic mass is 9.73. The van der Waals surface area contributed by atoms with Crippen LogP contribution in [-0.4, -0.2) is 50.3 Å². The van der Waals surface area contributed by atoms with Crippen molar-refractivity contribution >= 4 is 0 Å². The SMILES string of the molecule is CCOCCN(CC)CC1(CNC(C)C)CCCCC1. The fourth-order valence-corrected chi connectivity index (χ4v) is 3.27. The lowest BCUT2D eigenvalue weighted by molar-refractivity contribution is 0.0695. The highest BCUT2D eigenvalue weighted by atomic mass is 16.5. The average molecular weight is 284 g/mol. The van der Waals surface area contributed by atoms with Crippen molar-refractivity contribution in [3.8, 4) is 0 Å². The van der Waals surface area contributed by atoms with E-state index < -0.39 is 0 Å². The molecule has 0 aromatic carbocycles. The van der Waals surface area contributed by atoms with E-state index in [1.807, 2.05) is 0 Å². The predicted molar refractivity (Wildman–Crippen MR) is 87.3 cm³/mol. The molecule has 0 unspecified atom stereocenters. The maximum absolute atomic E-state index is 5.53. The quantitative estimate of drug-likeness (QED) is 0.623. The van der Waals surface area contributed by atoms with Gasteiger partial charge in [0.1, 0.15) is 0 Å². The van der Waals surface area contributed by atoms with Crippen LogP contribution in [0.4, 0.5) is 0 Å². The van der Waals surface area contributed by atoms with Crippen LogP contribution in [0.5, 0.6) is 0 Å². The Bertz CT molecular complexity index is 237. The second-order valence-electron chi connectivity index (χ2n) is 6.66. The van der Waals surface area contributed by atoms with Crippen LogP contribution in [0.25, 0.3) is 0 Å². The van der Waals surface area contributed by atoms with E-state index in [1.165, 1.54) is 45.2 Å². The summed E-state index contributed by atoms with van der Waals surface area (Å²) in [5.74, 6) is 0. The predicted octanol–water partition coefficient (Wildman–Crippen LogP) is 3.29. The zero-order valence-corrected chi connectivity index (χ0v) is 14.2. The van der Waals surface area contributed by atoms with Crippen molar-refractivity contribution in [3.05, 3.63) is 0 Å². The molecule has 0 spiro atoms. The molecule has 0 aliphatic heterocycles. The number of hydrogen-bond donors (Lipinski definition) is 1.